The first kappa shape index (κ1) is 16.1. The molecule has 26 heavy (non-hydrogen) atoms. The van der Waals surface area contributed by atoms with E-state index >= 15 is 0 Å². The predicted molar refractivity (Wildman–Crippen MR) is 99.3 cm³/mol. The minimum absolute atomic E-state index is 0.171. The normalized spacial score (nSPS) is 11.2. The molecule has 0 saturated carbocycles. The number of aromatic amines is 1. The van der Waals surface area contributed by atoms with E-state index in [0.29, 0.717) is 23.7 Å². The second kappa shape index (κ2) is 6.51. The summed E-state index contributed by atoms with van der Waals surface area (Å²) in [5, 5.41) is 0.930. The Morgan fingerprint density at radius 1 is 1.15 bits per heavy atom. The van der Waals surface area contributed by atoms with Crippen LogP contribution in [0.2, 0.25) is 0 Å². The lowest BCUT2D eigenvalue weighted by molar-refractivity contribution is 0.415. The zero-order valence-corrected chi connectivity index (χ0v) is 14.6. The summed E-state index contributed by atoms with van der Waals surface area (Å²) in [6.07, 6.45) is 8.07. The number of rotatable bonds is 5. The number of aromatic nitrogens is 5. The average Bonchev–Trinajstić information content (AvgIpc) is 3.27. The molecule has 0 aliphatic heterocycles. The molecule has 7 nitrogen and oxygen atoms in total. The summed E-state index contributed by atoms with van der Waals surface area (Å²) in [7, 11) is 3.57. The Labute approximate surface area is 149 Å². The number of nitrogens with zero attached hydrogens (tertiary/aromatic N) is 4. The van der Waals surface area contributed by atoms with Gasteiger partial charge in [-0.3, -0.25) is 4.79 Å². The fraction of sp³-hybridized carbons (Fsp3) is 0.211. The summed E-state index contributed by atoms with van der Waals surface area (Å²) < 4.78 is 9.19. The van der Waals surface area contributed by atoms with Crippen molar-refractivity contribution in [3.8, 4) is 17.1 Å². The van der Waals surface area contributed by atoms with Crippen molar-refractivity contribution in [1.82, 2.24) is 24.1 Å². The molecule has 1 N–H and O–H groups in total. The van der Waals surface area contributed by atoms with Crippen molar-refractivity contribution >= 4 is 10.9 Å². The number of fused-ring (bicyclic) bond motifs is 1. The van der Waals surface area contributed by atoms with E-state index in [1.807, 2.05) is 52.8 Å². The van der Waals surface area contributed by atoms with Gasteiger partial charge in [-0.1, -0.05) is 0 Å². The number of hydrogen-bond donors (Lipinski definition) is 1. The van der Waals surface area contributed by atoms with Crippen molar-refractivity contribution in [3.05, 3.63) is 65.2 Å². The summed E-state index contributed by atoms with van der Waals surface area (Å²) in [6, 6.07) is 7.48. The van der Waals surface area contributed by atoms with Crippen LogP contribution in [0.1, 0.15) is 5.82 Å². The lowest BCUT2D eigenvalue weighted by atomic mass is 10.1. The molecule has 0 amide bonds. The van der Waals surface area contributed by atoms with E-state index in [1.54, 1.807) is 19.5 Å². The molecule has 0 bridgehead atoms. The molecule has 7 heteroatoms. The topological polar surface area (TPSA) is 77.7 Å². The molecule has 4 rings (SSSR count). The first-order chi connectivity index (χ1) is 12.7. The molecule has 0 radical (unpaired) electrons. The Balaban J connectivity index is 1.70. The summed E-state index contributed by atoms with van der Waals surface area (Å²) in [6.45, 7) is 0.695. The minimum atomic E-state index is -0.171. The van der Waals surface area contributed by atoms with Gasteiger partial charge in [0.25, 0.3) is 5.56 Å². The second-order valence-corrected chi connectivity index (χ2v) is 6.11. The highest BCUT2D eigenvalue weighted by atomic mass is 16.5. The zero-order valence-electron chi connectivity index (χ0n) is 14.6. The monoisotopic (exact) mass is 349 g/mol. The Morgan fingerprint density at radius 3 is 2.77 bits per heavy atom. The first-order valence-electron chi connectivity index (χ1n) is 8.34. The van der Waals surface area contributed by atoms with Gasteiger partial charge >= 0.3 is 0 Å². The van der Waals surface area contributed by atoms with Crippen LogP contribution in [0.25, 0.3) is 22.3 Å². The highest BCUT2D eigenvalue weighted by Gasteiger charge is 2.12. The Kier molecular flexibility index (Phi) is 4.04. The molecular weight excluding hydrogens is 330 g/mol. The average molecular weight is 349 g/mol. The number of hydrogen-bond acceptors (Lipinski definition) is 4. The third kappa shape index (κ3) is 2.88. The minimum Gasteiger partial charge on any atom is -0.497 e. The van der Waals surface area contributed by atoms with Crippen molar-refractivity contribution in [1.29, 1.82) is 0 Å². The molecule has 132 valence electrons. The van der Waals surface area contributed by atoms with Gasteiger partial charge < -0.3 is 18.9 Å². The molecule has 0 atom stereocenters. The molecule has 0 aliphatic rings. The van der Waals surface area contributed by atoms with Gasteiger partial charge in [-0.15, -0.1) is 0 Å². The van der Waals surface area contributed by atoms with Crippen LogP contribution < -0.4 is 10.3 Å². The van der Waals surface area contributed by atoms with Crippen LogP contribution in [0.5, 0.6) is 5.75 Å². The lowest BCUT2D eigenvalue weighted by Crippen LogP contribution is -2.13. The SMILES string of the molecule is COc1ccc2cc(-c3nccn3CCc3nccn3C)c(=O)[nH]c2c1. The largest absolute Gasteiger partial charge is 0.497 e. The zero-order chi connectivity index (χ0) is 18.1. The van der Waals surface area contributed by atoms with E-state index in [-0.39, 0.29) is 5.56 Å². The van der Waals surface area contributed by atoms with Crippen LogP contribution >= 0.6 is 0 Å². The summed E-state index contributed by atoms with van der Waals surface area (Å²) in [5.74, 6) is 2.35. The Hall–Kier alpha value is -3.35. The van der Waals surface area contributed by atoms with E-state index in [4.69, 9.17) is 4.74 Å². The van der Waals surface area contributed by atoms with E-state index < -0.39 is 0 Å². The number of benzene rings is 1. The number of methoxy groups -OCH3 is 1. The van der Waals surface area contributed by atoms with Crippen LogP contribution in [0.3, 0.4) is 0 Å². The quantitative estimate of drug-likeness (QED) is 0.600. The molecule has 3 heterocycles. The van der Waals surface area contributed by atoms with Crippen LogP contribution in [0, 0.1) is 0 Å². The Bertz CT molecular complexity index is 1120. The maximum atomic E-state index is 12.6. The van der Waals surface area contributed by atoms with E-state index in [2.05, 4.69) is 15.0 Å². The van der Waals surface area contributed by atoms with Crippen LogP contribution in [-0.4, -0.2) is 31.2 Å². The van der Waals surface area contributed by atoms with Crippen molar-refractivity contribution in [3.63, 3.8) is 0 Å². The lowest BCUT2D eigenvalue weighted by Gasteiger charge is -2.09. The maximum Gasteiger partial charge on any atom is 0.259 e. The van der Waals surface area contributed by atoms with Gasteiger partial charge in [0.2, 0.25) is 0 Å². The fourth-order valence-electron chi connectivity index (χ4n) is 3.06. The second-order valence-electron chi connectivity index (χ2n) is 6.11. The van der Waals surface area contributed by atoms with Gasteiger partial charge in [-0.05, 0) is 23.6 Å². The van der Waals surface area contributed by atoms with Crippen molar-refractivity contribution in [2.24, 2.45) is 7.05 Å². The first-order valence-corrected chi connectivity index (χ1v) is 8.34. The summed E-state index contributed by atoms with van der Waals surface area (Å²) in [4.78, 5) is 24.3. The number of aryl methyl sites for hydroxylation is 3. The van der Waals surface area contributed by atoms with Gasteiger partial charge in [0.05, 0.1) is 18.2 Å². The Morgan fingerprint density at radius 2 is 2.00 bits per heavy atom. The van der Waals surface area contributed by atoms with Gasteiger partial charge in [0.15, 0.2) is 0 Å². The van der Waals surface area contributed by atoms with Crippen molar-refractivity contribution in [2.45, 2.75) is 13.0 Å². The molecule has 3 aromatic heterocycles. The molecular formula is C19H19N5O2. The predicted octanol–water partition coefficient (Wildman–Crippen LogP) is 2.38. The molecule has 0 saturated heterocycles. The number of ether oxygens (including phenoxy) is 1. The van der Waals surface area contributed by atoms with E-state index in [9.17, 15) is 4.79 Å². The smallest absolute Gasteiger partial charge is 0.259 e. The summed E-state index contributed by atoms with van der Waals surface area (Å²) >= 11 is 0. The third-order valence-electron chi connectivity index (χ3n) is 4.51. The standard InChI is InChI=1S/C19H19N5O2/c1-23-9-6-20-17(23)5-8-24-10-7-21-18(24)15-11-13-3-4-14(26-2)12-16(13)22-19(15)25/h3-4,6-7,9-12H,5,8H2,1-2H3,(H,22,25). The highest BCUT2D eigenvalue weighted by Crippen LogP contribution is 2.22. The van der Waals surface area contributed by atoms with Crippen LogP contribution in [-0.2, 0) is 20.0 Å². The van der Waals surface area contributed by atoms with Crippen molar-refractivity contribution in [2.75, 3.05) is 7.11 Å². The van der Waals surface area contributed by atoms with Crippen LogP contribution in [0.15, 0.2) is 53.8 Å². The van der Waals surface area contributed by atoms with Crippen LogP contribution in [0.4, 0.5) is 0 Å². The number of pyridine rings is 1. The van der Waals surface area contributed by atoms with Gasteiger partial charge in [0, 0.05) is 50.9 Å². The van der Waals surface area contributed by atoms with Gasteiger partial charge in [-0.2, -0.15) is 0 Å². The third-order valence-corrected chi connectivity index (χ3v) is 4.51. The summed E-state index contributed by atoms with van der Waals surface area (Å²) in [5.41, 5.74) is 1.12. The fourth-order valence-corrected chi connectivity index (χ4v) is 3.06. The van der Waals surface area contributed by atoms with Gasteiger partial charge in [0.1, 0.15) is 17.4 Å². The maximum absolute atomic E-state index is 12.6. The molecule has 0 spiro atoms. The number of imidazole rings is 2. The van der Waals surface area contributed by atoms with Crippen molar-refractivity contribution < 1.29 is 4.74 Å². The van der Waals surface area contributed by atoms with E-state index in [1.165, 1.54) is 0 Å². The molecule has 1 aromatic carbocycles. The number of nitrogens with one attached hydrogen (secondary N) is 1. The molecule has 0 fully saturated rings. The highest BCUT2D eigenvalue weighted by molar-refractivity contribution is 5.83. The van der Waals surface area contributed by atoms with E-state index in [0.717, 1.165) is 23.1 Å². The number of H-pyrrole nitrogens is 1. The molecule has 0 unspecified atom stereocenters. The molecule has 4 aromatic rings. The molecule has 0 aliphatic carbocycles. The van der Waals surface area contributed by atoms with Gasteiger partial charge in [-0.25, -0.2) is 9.97 Å².